The molecule has 12 atom stereocenters. The summed E-state index contributed by atoms with van der Waals surface area (Å²) in [5, 5.41) is 22.6. The number of carbonyl (C=O) groups excluding carboxylic acids is 8. The van der Waals surface area contributed by atoms with E-state index in [-0.39, 0.29) is 25.2 Å². The summed E-state index contributed by atoms with van der Waals surface area (Å²) in [6.45, 7) is 20.2. The van der Waals surface area contributed by atoms with Gasteiger partial charge in [-0.05, 0) is 74.3 Å². The molecule has 17 heteroatoms. The van der Waals surface area contributed by atoms with Crippen LogP contribution in [0.4, 0.5) is 0 Å². The number of rotatable bonds is 16. The van der Waals surface area contributed by atoms with Crippen LogP contribution in [0, 0.1) is 29.6 Å². The first-order chi connectivity index (χ1) is 30.7. The predicted octanol–water partition coefficient (Wildman–Crippen LogP) is 2.50. The van der Waals surface area contributed by atoms with E-state index >= 15 is 0 Å². The smallest absolute Gasteiger partial charge is 0.243 e. The van der Waals surface area contributed by atoms with Crippen molar-refractivity contribution >= 4 is 47.3 Å². The van der Waals surface area contributed by atoms with Crippen LogP contribution in [0.25, 0.3) is 0 Å². The van der Waals surface area contributed by atoms with Crippen molar-refractivity contribution in [1.29, 1.82) is 0 Å². The van der Waals surface area contributed by atoms with E-state index in [0.717, 1.165) is 5.56 Å². The van der Waals surface area contributed by atoms with Gasteiger partial charge in [0.15, 0.2) is 0 Å². The lowest BCUT2D eigenvalue weighted by atomic mass is 9.94. The summed E-state index contributed by atoms with van der Waals surface area (Å²) in [6.07, 6.45) is 3.35. The fourth-order valence-corrected chi connectivity index (χ4v) is 7.52. The molecule has 1 aliphatic heterocycles. The Morgan fingerprint density at radius 2 is 0.831 bits per heavy atom. The van der Waals surface area contributed by atoms with Crippen LogP contribution < -0.4 is 48.3 Å². The lowest BCUT2D eigenvalue weighted by Gasteiger charge is -2.32. The molecule has 0 unspecified atom stereocenters. The van der Waals surface area contributed by atoms with Gasteiger partial charge in [0.05, 0.1) is 0 Å². The molecular formula is C48H81N9O8. The number of nitrogens with one attached hydrogen (secondary N) is 8. The van der Waals surface area contributed by atoms with Gasteiger partial charge in [-0.25, -0.2) is 0 Å². The molecule has 1 fully saturated rings. The van der Waals surface area contributed by atoms with E-state index in [1.807, 2.05) is 59.7 Å². The van der Waals surface area contributed by atoms with Crippen LogP contribution in [0.2, 0.25) is 0 Å². The number of nitrogens with two attached hydrogens (primary N) is 1. The molecule has 8 amide bonds. The summed E-state index contributed by atoms with van der Waals surface area (Å²) in [6, 6.07) is -0.0336. The summed E-state index contributed by atoms with van der Waals surface area (Å²) in [5.41, 5.74) is 6.53. The summed E-state index contributed by atoms with van der Waals surface area (Å²) < 4.78 is 0. The Hall–Kier alpha value is -5.06. The first-order valence-electron chi connectivity index (χ1n) is 23.9. The Bertz CT molecular complexity index is 1730. The molecule has 1 aromatic rings. The zero-order valence-electron chi connectivity index (χ0n) is 40.8. The molecular weight excluding hydrogens is 831 g/mol. The predicted molar refractivity (Wildman–Crippen MR) is 251 cm³/mol. The highest BCUT2D eigenvalue weighted by Crippen LogP contribution is 2.17. The van der Waals surface area contributed by atoms with Gasteiger partial charge in [-0.3, -0.25) is 38.4 Å². The largest absolute Gasteiger partial charge is 0.343 e. The van der Waals surface area contributed by atoms with E-state index in [9.17, 15) is 38.4 Å². The average Bonchev–Trinajstić information content (AvgIpc) is 3.28. The number of unbranched alkanes of at least 4 members (excludes halogenated alkanes) is 1. The van der Waals surface area contributed by atoms with Crippen LogP contribution in [0.1, 0.15) is 133 Å². The Morgan fingerprint density at radius 1 is 0.462 bits per heavy atom. The number of hydrogen-bond acceptors (Lipinski definition) is 9. The van der Waals surface area contributed by atoms with Gasteiger partial charge in [0, 0.05) is 6.42 Å². The molecule has 1 heterocycles. The van der Waals surface area contributed by atoms with Crippen LogP contribution in [-0.2, 0) is 44.8 Å². The molecule has 10 N–H and O–H groups in total. The molecule has 0 spiro atoms. The van der Waals surface area contributed by atoms with Gasteiger partial charge in [-0.2, -0.15) is 0 Å². The molecule has 0 radical (unpaired) electrons. The van der Waals surface area contributed by atoms with Crippen molar-refractivity contribution in [3.8, 4) is 0 Å². The quantitative estimate of drug-likeness (QED) is 0.110. The minimum atomic E-state index is -1.20. The van der Waals surface area contributed by atoms with Gasteiger partial charge in [-0.15, -0.1) is 0 Å². The fraction of sp³-hybridized carbons (Fsp3) is 0.708. The minimum Gasteiger partial charge on any atom is -0.343 e. The highest BCUT2D eigenvalue weighted by molar-refractivity contribution is 5.99. The van der Waals surface area contributed by atoms with Crippen LogP contribution in [0.5, 0.6) is 0 Å². The first kappa shape index (κ1) is 56.1. The number of benzene rings is 1. The van der Waals surface area contributed by atoms with E-state index in [0.29, 0.717) is 45.1 Å². The second kappa shape index (κ2) is 28.1. The second-order valence-electron chi connectivity index (χ2n) is 18.5. The van der Waals surface area contributed by atoms with Gasteiger partial charge in [0.1, 0.15) is 48.3 Å². The molecule has 0 bridgehead atoms. The van der Waals surface area contributed by atoms with E-state index in [4.69, 9.17) is 5.73 Å². The molecule has 0 aromatic heterocycles. The van der Waals surface area contributed by atoms with Crippen LogP contribution >= 0.6 is 0 Å². The highest BCUT2D eigenvalue weighted by atomic mass is 16.2. The van der Waals surface area contributed by atoms with Crippen molar-refractivity contribution in [1.82, 2.24) is 42.5 Å². The third-order valence-corrected chi connectivity index (χ3v) is 12.8. The van der Waals surface area contributed by atoms with Crippen LogP contribution in [0.15, 0.2) is 30.3 Å². The monoisotopic (exact) mass is 912 g/mol. The number of hydrogen-bond donors (Lipinski definition) is 9. The van der Waals surface area contributed by atoms with Crippen molar-refractivity contribution < 1.29 is 38.4 Å². The molecule has 366 valence electrons. The van der Waals surface area contributed by atoms with Gasteiger partial charge in [-0.1, -0.05) is 125 Å². The van der Waals surface area contributed by atoms with Gasteiger partial charge >= 0.3 is 0 Å². The molecule has 1 aromatic carbocycles. The van der Waals surface area contributed by atoms with Crippen molar-refractivity contribution in [2.45, 2.75) is 182 Å². The van der Waals surface area contributed by atoms with Gasteiger partial charge < -0.3 is 48.3 Å². The van der Waals surface area contributed by atoms with Crippen molar-refractivity contribution in [2.24, 2.45) is 35.3 Å². The second-order valence-corrected chi connectivity index (χ2v) is 18.5. The molecule has 0 aliphatic carbocycles. The van der Waals surface area contributed by atoms with E-state index in [1.165, 1.54) is 6.92 Å². The topological polar surface area (TPSA) is 259 Å². The van der Waals surface area contributed by atoms with Crippen molar-refractivity contribution in [3.63, 3.8) is 0 Å². The van der Waals surface area contributed by atoms with Crippen molar-refractivity contribution in [2.75, 3.05) is 6.54 Å². The van der Waals surface area contributed by atoms with Crippen molar-refractivity contribution in [3.05, 3.63) is 35.9 Å². The molecule has 17 nitrogen and oxygen atoms in total. The standard InChI is InChI=1S/C48H81N9O8/c1-12-28(7)37-45(62)50-32(11)41(58)54-40(31(10)15-4)48(65)57-39(30(9)14-3)46(63)51-34(23-19-20-24-49)42(59)55-38(29(8)13-2)47(64)53-36(26-33-21-17-16-18-22-33)43(60)52-35(25-27(5)6)44(61)56-37/h16-18,21-22,27-32,34-40H,12-15,19-20,23-26,49H2,1-11H3,(H,50,62)(H,51,63)(H,52,60)(H,53,64)(H,54,58)(H,55,59)(H,56,61)(H,57,65)/t28-,29-,30+,31-,32+,34-,35+,36+,37-,38+,39+,40-/m0/s1. The maximum atomic E-state index is 14.4. The molecule has 2 rings (SSSR count). The number of carbonyl (C=O) groups is 8. The summed E-state index contributed by atoms with van der Waals surface area (Å²) in [7, 11) is 0. The molecule has 1 aliphatic rings. The van der Waals surface area contributed by atoms with Crippen LogP contribution in [-0.4, -0.2) is 102 Å². The SMILES string of the molecule is CC[C@@H](C)[C@H]1NC(=O)[C@H]([C@@H](C)CC)NC(=O)[C@@H](C)NC(=O)[C@H]([C@@H](C)CC)NC(=O)[C@@H](CC(C)C)NC(=O)[C@@H](Cc2ccccc2)NC(=O)[C@@H]([C@@H](C)CC)NC(=O)[C@H](CCCCN)NC1=O. The van der Waals surface area contributed by atoms with E-state index < -0.39 is 119 Å². The average molecular weight is 912 g/mol. The summed E-state index contributed by atoms with van der Waals surface area (Å²) in [5.74, 6) is -6.79. The molecule has 1 saturated heterocycles. The van der Waals surface area contributed by atoms with Crippen LogP contribution in [0.3, 0.4) is 0 Å². The summed E-state index contributed by atoms with van der Waals surface area (Å²) in [4.78, 5) is 113. The zero-order valence-corrected chi connectivity index (χ0v) is 40.8. The van der Waals surface area contributed by atoms with E-state index in [1.54, 1.807) is 39.8 Å². The molecule has 0 saturated carbocycles. The van der Waals surface area contributed by atoms with E-state index in [2.05, 4.69) is 42.5 Å². The Balaban J connectivity index is 2.81. The third kappa shape index (κ3) is 17.7. The normalized spacial score (nSPS) is 27.0. The third-order valence-electron chi connectivity index (χ3n) is 12.8. The lowest BCUT2D eigenvalue weighted by molar-refractivity contribution is -0.138. The number of amides is 8. The molecule has 65 heavy (non-hydrogen) atoms. The van der Waals surface area contributed by atoms with Gasteiger partial charge in [0.2, 0.25) is 47.3 Å². The Morgan fingerprint density at radius 3 is 1.28 bits per heavy atom. The lowest BCUT2D eigenvalue weighted by Crippen LogP contribution is -2.63. The van der Waals surface area contributed by atoms with Gasteiger partial charge in [0.25, 0.3) is 0 Å². The Kier molecular flexibility index (Phi) is 24.2. The first-order valence-corrected chi connectivity index (χ1v) is 23.9. The highest BCUT2D eigenvalue weighted by Gasteiger charge is 2.38. The zero-order chi connectivity index (χ0) is 49.0. The summed E-state index contributed by atoms with van der Waals surface area (Å²) >= 11 is 0. The fourth-order valence-electron chi connectivity index (χ4n) is 7.52. The Labute approximate surface area is 387 Å². The minimum absolute atomic E-state index is 0.0475. The maximum absolute atomic E-state index is 14.4. The maximum Gasteiger partial charge on any atom is 0.243 e.